The third kappa shape index (κ3) is 5.85. The molecule has 1 aromatic rings. The van der Waals surface area contributed by atoms with Crippen LogP contribution in [0.25, 0.3) is 0 Å². The van der Waals surface area contributed by atoms with Crippen LogP contribution in [0.5, 0.6) is 0 Å². The van der Waals surface area contributed by atoms with E-state index < -0.39 is 32.9 Å². The first kappa shape index (κ1) is 23.5. The molecule has 0 saturated carbocycles. The fraction of sp³-hybridized carbons (Fsp3) is 0.714. The molecular formula is C21H37NO5Si. The van der Waals surface area contributed by atoms with Gasteiger partial charge in [0.15, 0.2) is 14.6 Å². The molecule has 1 heterocycles. The standard InChI is InChI=1S/C21H37NO5Si/c1-15(23)19(22(24)13-17-11-9-8-10-12-17)20-18(14-25-16(2)26-20)27-28(6,7)21(3,4)5/h8-12,15-16,18-20,23-24H,13-14H2,1-7H3/t15?,16-,18-,19?,20-/m1/s1. The first-order chi connectivity index (χ1) is 12.9. The van der Waals surface area contributed by atoms with Crippen LogP contribution in [0.2, 0.25) is 18.1 Å². The van der Waals surface area contributed by atoms with E-state index in [0.717, 1.165) is 5.56 Å². The number of hydroxylamine groups is 2. The molecule has 0 radical (unpaired) electrons. The van der Waals surface area contributed by atoms with Crippen molar-refractivity contribution in [2.45, 2.75) is 89.9 Å². The maximum Gasteiger partial charge on any atom is 0.192 e. The van der Waals surface area contributed by atoms with E-state index in [4.69, 9.17) is 13.9 Å². The monoisotopic (exact) mass is 411 g/mol. The number of rotatable bonds is 7. The Morgan fingerprint density at radius 1 is 1.25 bits per heavy atom. The van der Waals surface area contributed by atoms with Crippen molar-refractivity contribution >= 4 is 8.32 Å². The highest BCUT2D eigenvalue weighted by Crippen LogP contribution is 2.39. The van der Waals surface area contributed by atoms with E-state index in [1.807, 2.05) is 37.3 Å². The molecule has 0 spiro atoms. The van der Waals surface area contributed by atoms with Crippen LogP contribution >= 0.6 is 0 Å². The van der Waals surface area contributed by atoms with Crippen molar-refractivity contribution in [2.75, 3.05) is 6.61 Å². The van der Waals surface area contributed by atoms with Crippen molar-refractivity contribution in [1.82, 2.24) is 5.06 Å². The lowest BCUT2D eigenvalue weighted by Crippen LogP contribution is -2.61. The second-order valence-electron chi connectivity index (χ2n) is 9.23. The fourth-order valence-corrected chi connectivity index (χ4v) is 4.51. The van der Waals surface area contributed by atoms with Crippen molar-refractivity contribution < 1.29 is 24.2 Å². The van der Waals surface area contributed by atoms with Crippen molar-refractivity contribution in [3.8, 4) is 0 Å². The molecule has 1 aliphatic rings. The Hall–Kier alpha value is -0.803. The molecule has 28 heavy (non-hydrogen) atoms. The lowest BCUT2D eigenvalue weighted by molar-refractivity contribution is -0.286. The Bertz CT molecular complexity index is 605. The normalized spacial score (nSPS) is 26.3. The molecular weight excluding hydrogens is 374 g/mol. The van der Waals surface area contributed by atoms with Gasteiger partial charge in [-0.1, -0.05) is 51.1 Å². The molecule has 1 saturated heterocycles. The van der Waals surface area contributed by atoms with E-state index in [9.17, 15) is 10.3 Å². The summed E-state index contributed by atoms with van der Waals surface area (Å²) >= 11 is 0. The van der Waals surface area contributed by atoms with Gasteiger partial charge in [-0.15, -0.1) is 0 Å². The van der Waals surface area contributed by atoms with Gasteiger partial charge >= 0.3 is 0 Å². The van der Waals surface area contributed by atoms with Gasteiger partial charge in [0.1, 0.15) is 6.10 Å². The molecule has 6 nitrogen and oxygen atoms in total. The molecule has 2 rings (SSSR count). The minimum Gasteiger partial charge on any atom is -0.409 e. The Morgan fingerprint density at radius 3 is 2.39 bits per heavy atom. The minimum absolute atomic E-state index is 0.0316. The fourth-order valence-electron chi connectivity index (χ4n) is 3.20. The summed E-state index contributed by atoms with van der Waals surface area (Å²) in [7, 11) is -2.09. The number of hydrogen-bond donors (Lipinski definition) is 2. The SMILES string of the molecule is CC(O)C([C@@H]1O[C@H](C)OC[C@H]1O[Si](C)(C)C(C)(C)C)N(O)Cc1ccccc1. The van der Waals surface area contributed by atoms with Gasteiger partial charge in [-0.3, -0.25) is 0 Å². The molecule has 0 amide bonds. The zero-order valence-electron chi connectivity index (χ0n) is 18.3. The van der Waals surface area contributed by atoms with E-state index in [2.05, 4.69) is 33.9 Å². The number of ether oxygens (including phenoxy) is 2. The third-order valence-corrected chi connectivity index (χ3v) is 10.3. The molecule has 5 atom stereocenters. The summed E-state index contributed by atoms with van der Waals surface area (Å²) in [6.07, 6.45) is -2.10. The Kier molecular flexibility index (Phi) is 7.83. The summed E-state index contributed by atoms with van der Waals surface area (Å²) in [5.41, 5.74) is 0.956. The van der Waals surface area contributed by atoms with Crippen LogP contribution in [-0.2, 0) is 20.4 Å². The third-order valence-electron chi connectivity index (χ3n) is 5.82. The van der Waals surface area contributed by atoms with E-state index in [1.165, 1.54) is 5.06 Å². The zero-order chi connectivity index (χ0) is 21.1. The van der Waals surface area contributed by atoms with E-state index in [1.54, 1.807) is 6.92 Å². The summed E-state index contributed by atoms with van der Waals surface area (Å²) in [5.74, 6) is 0. The molecule has 0 aromatic heterocycles. The maximum absolute atomic E-state index is 10.9. The van der Waals surface area contributed by atoms with Gasteiger partial charge in [0.2, 0.25) is 0 Å². The smallest absolute Gasteiger partial charge is 0.192 e. The summed E-state index contributed by atoms with van der Waals surface area (Å²) in [4.78, 5) is 0. The second-order valence-corrected chi connectivity index (χ2v) is 14.0. The average Bonchev–Trinajstić information content (AvgIpc) is 2.57. The van der Waals surface area contributed by atoms with Gasteiger partial charge in [-0.25, -0.2) is 0 Å². The topological polar surface area (TPSA) is 71.4 Å². The van der Waals surface area contributed by atoms with Gasteiger partial charge < -0.3 is 24.2 Å². The number of benzene rings is 1. The molecule has 2 unspecified atom stereocenters. The highest BCUT2D eigenvalue weighted by Gasteiger charge is 2.47. The van der Waals surface area contributed by atoms with Crippen molar-refractivity contribution in [3.05, 3.63) is 35.9 Å². The number of hydrogen-bond acceptors (Lipinski definition) is 6. The van der Waals surface area contributed by atoms with E-state index in [0.29, 0.717) is 6.61 Å². The Balaban J connectivity index is 2.24. The second kappa shape index (κ2) is 9.34. The first-order valence-corrected chi connectivity index (χ1v) is 13.0. The van der Waals surface area contributed by atoms with Gasteiger partial charge in [0, 0.05) is 6.54 Å². The Labute approximate surface area is 170 Å². The predicted molar refractivity (Wildman–Crippen MR) is 112 cm³/mol. The van der Waals surface area contributed by atoms with E-state index >= 15 is 0 Å². The summed E-state index contributed by atoms with van der Waals surface area (Å²) < 4.78 is 18.3. The highest BCUT2D eigenvalue weighted by atomic mass is 28.4. The quantitative estimate of drug-likeness (QED) is 0.526. The van der Waals surface area contributed by atoms with Crippen LogP contribution in [0, 0.1) is 0 Å². The molecule has 0 aliphatic carbocycles. The average molecular weight is 412 g/mol. The first-order valence-electron chi connectivity index (χ1n) is 10.0. The molecule has 0 bridgehead atoms. The van der Waals surface area contributed by atoms with Crippen LogP contribution in [0.15, 0.2) is 30.3 Å². The summed E-state index contributed by atoms with van der Waals surface area (Å²) in [6.45, 7) is 15.1. The lowest BCUT2D eigenvalue weighted by Gasteiger charge is -2.47. The molecule has 160 valence electrons. The van der Waals surface area contributed by atoms with Crippen LogP contribution in [0.4, 0.5) is 0 Å². The van der Waals surface area contributed by atoms with Crippen LogP contribution < -0.4 is 0 Å². The Morgan fingerprint density at radius 2 is 1.86 bits per heavy atom. The zero-order valence-corrected chi connectivity index (χ0v) is 19.3. The summed E-state index contributed by atoms with van der Waals surface area (Å²) in [6, 6.07) is 9.04. The lowest BCUT2D eigenvalue weighted by atomic mass is 9.99. The van der Waals surface area contributed by atoms with Gasteiger partial charge in [0.05, 0.1) is 24.9 Å². The predicted octanol–water partition coefficient (Wildman–Crippen LogP) is 3.78. The molecule has 2 N–H and O–H groups in total. The van der Waals surface area contributed by atoms with Crippen molar-refractivity contribution in [2.24, 2.45) is 0 Å². The molecule has 1 aliphatic heterocycles. The molecule has 7 heteroatoms. The maximum atomic E-state index is 10.9. The van der Waals surface area contributed by atoms with Crippen molar-refractivity contribution in [1.29, 1.82) is 0 Å². The van der Waals surface area contributed by atoms with Gasteiger partial charge in [0.25, 0.3) is 0 Å². The summed E-state index contributed by atoms with van der Waals surface area (Å²) in [5, 5.41) is 22.6. The molecule has 1 aromatic carbocycles. The van der Waals surface area contributed by atoms with Crippen LogP contribution in [-0.4, -0.2) is 60.9 Å². The number of nitrogens with zero attached hydrogens (tertiary/aromatic N) is 1. The van der Waals surface area contributed by atoms with E-state index in [-0.39, 0.29) is 17.7 Å². The van der Waals surface area contributed by atoms with Gasteiger partial charge in [-0.05, 0) is 37.5 Å². The number of aliphatic hydroxyl groups excluding tert-OH is 1. The minimum atomic E-state index is -2.09. The van der Waals surface area contributed by atoms with Crippen LogP contribution in [0.1, 0.15) is 40.2 Å². The van der Waals surface area contributed by atoms with Gasteiger partial charge in [-0.2, -0.15) is 5.06 Å². The molecule has 1 fully saturated rings. The largest absolute Gasteiger partial charge is 0.409 e. The highest BCUT2D eigenvalue weighted by molar-refractivity contribution is 6.74. The van der Waals surface area contributed by atoms with Crippen molar-refractivity contribution in [3.63, 3.8) is 0 Å². The van der Waals surface area contributed by atoms with Crippen LogP contribution in [0.3, 0.4) is 0 Å². The number of aliphatic hydroxyl groups is 1.